The summed E-state index contributed by atoms with van der Waals surface area (Å²) in [7, 11) is 0. The van der Waals surface area contributed by atoms with Crippen LogP contribution in [0.1, 0.15) is 5.69 Å². The number of hydrogen-bond acceptors (Lipinski definition) is 5. The Labute approximate surface area is 115 Å². The van der Waals surface area contributed by atoms with Gasteiger partial charge in [-0.15, -0.1) is 0 Å². The van der Waals surface area contributed by atoms with Crippen molar-refractivity contribution in [1.82, 2.24) is 9.97 Å². The standard InChI is InChI=1S/C12H13ClN4S/c1-18-12-16-9(6-14)10(11(15)17-12)7-4-2-3-5-8(7)13/h2-5H,6,14H2,1H3,(H2,15,16,17). The van der Waals surface area contributed by atoms with Crippen LogP contribution < -0.4 is 11.5 Å². The predicted molar refractivity (Wildman–Crippen MR) is 76.6 cm³/mol. The molecule has 1 heterocycles. The zero-order chi connectivity index (χ0) is 13.1. The van der Waals surface area contributed by atoms with E-state index in [4.69, 9.17) is 23.1 Å². The number of anilines is 1. The zero-order valence-electron chi connectivity index (χ0n) is 9.85. The Bertz CT molecular complexity index is 574. The van der Waals surface area contributed by atoms with Gasteiger partial charge in [0.15, 0.2) is 5.16 Å². The molecule has 94 valence electrons. The molecule has 2 aromatic rings. The number of hydrogen-bond donors (Lipinski definition) is 2. The number of aromatic nitrogens is 2. The summed E-state index contributed by atoms with van der Waals surface area (Å²) in [6.45, 7) is 0.292. The van der Waals surface area contributed by atoms with Crippen molar-refractivity contribution in [2.24, 2.45) is 5.73 Å². The van der Waals surface area contributed by atoms with Crippen LogP contribution in [0.25, 0.3) is 11.1 Å². The average Bonchev–Trinajstić information content (AvgIpc) is 2.39. The Hall–Kier alpha value is -1.30. The van der Waals surface area contributed by atoms with Gasteiger partial charge in [-0.3, -0.25) is 0 Å². The third kappa shape index (κ3) is 2.43. The van der Waals surface area contributed by atoms with E-state index >= 15 is 0 Å². The van der Waals surface area contributed by atoms with Crippen molar-refractivity contribution in [3.05, 3.63) is 35.0 Å². The van der Waals surface area contributed by atoms with Crippen molar-refractivity contribution in [3.8, 4) is 11.1 Å². The summed E-state index contributed by atoms with van der Waals surface area (Å²) < 4.78 is 0. The van der Waals surface area contributed by atoms with Gasteiger partial charge < -0.3 is 11.5 Å². The lowest BCUT2D eigenvalue weighted by atomic mass is 10.0. The van der Waals surface area contributed by atoms with Crippen LogP contribution in [0.15, 0.2) is 29.4 Å². The molecule has 4 N–H and O–H groups in total. The van der Waals surface area contributed by atoms with Crippen LogP contribution in [0, 0.1) is 0 Å². The second-order valence-corrected chi connectivity index (χ2v) is 4.78. The average molecular weight is 281 g/mol. The molecule has 4 nitrogen and oxygen atoms in total. The van der Waals surface area contributed by atoms with E-state index in [2.05, 4.69) is 9.97 Å². The van der Waals surface area contributed by atoms with Crippen LogP contribution >= 0.6 is 23.4 Å². The monoisotopic (exact) mass is 280 g/mol. The number of thioether (sulfide) groups is 1. The van der Waals surface area contributed by atoms with E-state index in [1.807, 2.05) is 24.5 Å². The quantitative estimate of drug-likeness (QED) is 0.667. The maximum Gasteiger partial charge on any atom is 0.189 e. The highest BCUT2D eigenvalue weighted by atomic mass is 35.5. The fraction of sp³-hybridized carbons (Fsp3) is 0.167. The molecule has 18 heavy (non-hydrogen) atoms. The zero-order valence-corrected chi connectivity index (χ0v) is 11.4. The molecule has 0 spiro atoms. The van der Waals surface area contributed by atoms with Crippen molar-refractivity contribution >= 4 is 29.2 Å². The predicted octanol–water partition coefficient (Wildman–Crippen LogP) is 2.56. The van der Waals surface area contributed by atoms with E-state index in [0.29, 0.717) is 28.2 Å². The van der Waals surface area contributed by atoms with E-state index in [1.54, 1.807) is 6.07 Å². The molecule has 0 saturated carbocycles. The second-order valence-electron chi connectivity index (χ2n) is 3.60. The van der Waals surface area contributed by atoms with Crippen molar-refractivity contribution in [1.29, 1.82) is 0 Å². The smallest absolute Gasteiger partial charge is 0.189 e. The highest BCUT2D eigenvalue weighted by molar-refractivity contribution is 7.98. The molecule has 1 aromatic carbocycles. The molecular weight excluding hydrogens is 268 g/mol. The van der Waals surface area contributed by atoms with E-state index in [1.165, 1.54) is 11.8 Å². The first-order valence-electron chi connectivity index (χ1n) is 5.32. The van der Waals surface area contributed by atoms with Crippen molar-refractivity contribution in [2.45, 2.75) is 11.7 Å². The largest absolute Gasteiger partial charge is 0.383 e. The molecule has 0 aliphatic carbocycles. The number of nitrogens with two attached hydrogens (primary N) is 2. The molecule has 0 saturated heterocycles. The third-order valence-corrected chi connectivity index (χ3v) is 3.39. The summed E-state index contributed by atoms with van der Waals surface area (Å²) in [5.74, 6) is 0.405. The SMILES string of the molecule is CSc1nc(N)c(-c2ccccc2Cl)c(CN)n1. The fourth-order valence-corrected chi connectivity index (χ4v) is 2.32. The topological polar surface area (TPSA) is 77.8 Å². The number of nitrogen functional groups attached to an aromatic ring is 1. The molecule has 0 atom stereocenters. The summed E-state index contributed by atoms with van der Waals surface area (Å²) in [5, 5.41) is 1.23. The second kappa shape index (κ2) is 5.56. The first-order valence-corrected chi connectivity index (χ1v) is 6.93. The van der Waals surface area contributed by atoms with Crippen LogP contribution in [0.5, 0.6) is 0 Å². The Morgan fingerprint density at radius 3 is 2.61 bits per heavy atom. The Morgan fingerprint density at radius 2 is 2.00 bits per heavy atom. The summed E-state index contributed by atoms with van der Waals surface area (Å²) in [6, 6.07) is 7.44. The Kier molecular flexibility index (Phi) is 4.06. The fourth-order valence-electron chi connectivity index (χ4n) is 1.70. The Morgan fingerprint density at radius 1 is 1.28 bits per heavy atom. The summed E-state index contributed by atoms with van der Waals surface area (Å²) in [5.41, 5.74) is 14.0. The molecule has 0 unspecified atom stereocenters. The van der Waals surface area contributed by atoms with Gasteiger partial charge in [0.25, 0.3) is 0 Å². The summed E-state index contributed by atoms with van der Waals surface area (Å²) >= 11 is 7.61. The Balaban J connectivity index is 2.67. The van der Waals surface area contributed by atoms with Crippen molar-refractivity contribution in [3.63, 3.8) is 0 Å². The van der Waals surface area contributed by atoms with Gasteiger partial charge in [0.05, 0.1) is 5.69 Å². The van der Waals surface area contributed by atoms with Gasteiger partial charge in [-0.1, -0.05) is 41.6 Å². The first-order chi connectivity index (χ1) is 8.67. The van der Waals surface area contributed by atoms with Gasteiger partial charge >= 0.3 is 0 Å². The van der Waals surface area contributed by atoms with Gasteiger partial charge in [-0.25, -0.2) is 9.97 Å². The minimum Gasteiger partial charge on any atom is -0.383 e. The van der Waals surface area contributed by atoms with E-state index in [-0.39, 0.29) is 0 Å². The molecule has 0 amide bonds. The molecule has 1 aromatic heterocycles. The lowest BCUT2D eigenvalue weighted by Gasteiger charge is -2.12. The van der Waals surface area contributed by atoms with Gasteiger partial charge in [0.1, 0.15) is 5.82 Å². The minimum absolute atomic E-state index is 0.292. The summed E-state index contributed by atoms with van der Waals surface area (Å²) in [6.07, 6.45) is 1.89. The number of nitrogens with zero attached hydrogens (tertiary/aromatic N) is 2. The highest BCUT2D eigenvalue weighted by Crippen LogP contribution is 2.33. The van der Waals surface area contributed by atoms with Crippen LogP contribution in [0.2, 0.25) is 5.02 Å². The molecule has 2 rings (SSSR count). The van der Waals surface area contributed by atoms with E-state index in [9.17, 15) is 0 Å². The molecule has 0 bridgehead atoms. The normalized spacial score (nSPS) is 10.6. The van der Waals surface area contributed by atoms with Gasteiger partial charge in [0, 0.05) is 22.7 Å². The molecule has 0 aliphatic heterocycles. The number of benzene rings is 1. The van der Waals surface area contributed by atoms with Crippen LogP contribution in [0.4, 0.5) is 5.82 Å². The first kappa shape index (κ1) is 13.1. The molecule has 0 aliphatic rings. The lowest BCUT2D eigenvalue weighted by molar-refractivity contribution is 0.886. The van der Waals surface area contributed by atoms with Gasteiger partial charge in [0.2, 0.25) is 0 Å². The minimum atomic E-state index is 0.292. The lowest BCUT2D eigenvalue weighted by Crippen LogP contribution is -2.08. The number of rotatable bonds is 3. The van der Waals surface area contributed by atoms with Crippen LogP contribution in [-0.2, 0) is 6.54 Å². The van der Waals surface area contributed by atoms with E-state index in [0.717, 1.165) is 11.1 Å². The molecule has 6 heteroatoms. The maximum atomic E-state index is 6.18. The van der Waals surface area contributed by atoms with Crippen LogP contribution in [-0.4, -0.2) is 16.2 Å². The van der Waals surface area contributed by atoms with Crippen molar-refractivity contribution in [2.75, 3.05) is 12.0 Å². The third-order valence-electron chi connectivity index (χ3n) is 2.51. The highest BCUT2D eigenvalue weighted by Gasteiger charge is 2.15. The maximum absolute atomic E-state index is 6.18. The molecule has 0 fully saturated rings. The van der Waals surface area contributed by atoms with Gasteiger partial charge in [-0.2, -0.15) is 0 Å². The molecular formula is C12H13ClN4S. The summed E-state index contributed by atoms with van der Waals surface area (Å²) in [4.78, 5) is 8.61. The van der Waals surface area contributed by atoms with Crippen molar-refractivity contribution < 1.29 is 0 Å². The van der Waals surface area contributed by atoms with E-state index < -0.39 is 0 Å². The molecule has 0 radical (unpaired) electrons. The number of halogens is 1. The van der Waals surface area contributed by atoms with Crippen LogP contribution in [0.3, 0.4) is 0 Å². The van der Waals surface area contributed by atoms with Gasteiger partial charge in [-0.05, 0) is 12.3 Å².